The number of carbonyl (C=O) groups excluding carboxylic acids is 1. The number of sulfonamides is 1. The molecular weight excluding hydrogens is 430 g/mol. The minimum absolute atomic E-state index is 0.333. The smallest absolute Gasteiger partial charge is 0.260 e. The standard InChI is InChI=1S/C23H23N3O5S/c1-30-22-10-6-7-18(15-22)16-24-25-23(27)17-26(32(2,28)29)19-11-13-21(14-12-19)31-20-8-4-3-5-9-20/h3-16H,17H2,1-2H3,(H,25,27)/b24-16-. The molecule has 0 aliphatic carbocycles. The molecule has 0 saturated heterocycles. The van der Waals surface area contributed by atoms with Gasteiger partial charge in [-0.25, -0.2) is 13.8 Å². The van der Waals surface area contributed by atoms with E-state index in [1.165, 1.54) is 6.21 Å². The zero-order valence-corrected chi connectivity index (χ0v) is 18.5. The normalized spacial score (nSPS) is 11.2. The van der Waals surface area contributed by atoms with E-state index in [0.29, 0.717) is 22.9 Å². The van der Waals surface area contributed by atoms with E-state index in [0.717, 1.165) is 16.1 Å². The Morgan fingerprint density at radius 1 is 0.969 bits per heavy atom. The van der Waals surface area contributed by atoms with Gasteiger partial charge in [0.1, 0.15) is 23.8 Å². The van der Waals surface area contributed by atoms with Crippen LogP contribution >= 0.6 is 0 Å². The summed E-state index contributed by atoms with van der Waals surface area (Å²) in [4.78, 5) is 12.3. The van der Waals surface area contributed by atoms with Gasteiger partial charge in [-0.3, -0.25) is 9.10 Å². The van der Waals surface area contributed by atoms with Crippen LogP contribution in [0.1, 0.15) is 5.56 Å². The maximum absolute atomic E-state index is 12.3. The Morgan fingerprint density at radius 3 is 2.28 bits per heavy atom. The Labute approximate surface area is 187 Å². The number of hydrazone groups is 1. The number of benzene rings is 3. The average Bonchev–Trinajstić information content (AvgIpc) is 2.78. The summed E-state index contributed by atoms with van der Waals surface area (Å²) in [6.07, 6.45) is 2.48. The summed E-state index contributed by atoms with van der Waals surface area (Å²) < 4.78 is 36.4. The van der Waals surface area contributed by atoms with Gasteiger partial charge >= 0.3 is 0 Å². The number of carbonyl (C=O) groups is 1. The lowest BCUT2D eigenvalue weighted by Gasteiger charge is -2.21. The van der Waals surface area contributed by atoms with Crippen molar-refractivity contribution in [3.63, 3.8) is 0 Å². The summed E-state index contributed by atoms with van der Waals surface area (Å²) in [5.41, 5.74) is 3.40. The van der Waals surface area contributed by atoms with Crippen molar-refractivity contribution in [2.45, 2.75) is 0 Å². The topological polar surface area (TPSA) is 97.3 Å². The van der Waals surface area contributed by atoms with E-state index in [4.69, 9.17) is 9.47 Å². The molecule has 1 amide bonds. The van der Waals surface area contributed by atoms with E-state index < -0.39 is 22.5 Å². The van der Waals surface area contributed by atoms with Gasteiger partial charge in [0.05, 0.1) is 25.3 Å². The quantitative estimate of drug-likeness (QED) is 0.396. The first kappa shape index (κ1) is 22.8. The molecule has 0 aliphatic rings. The summed E-state index contributed by atoms with van der Waals surface area (Å²) in [6, 6.07) is 22.8. The summed E-state index contributed by atoms with van der Waals surface area (Å²) >= 11 is 0. The van der Waals surface area contributed by atoms with Crippen molar-refractivity contribution in [2.24, 2.45) is 5.10 Å². The number of hydrogen-bond acceptors (Lipinski definition) is 6. The fourth-order valence-electron chi connectivity index (χ4n) is 2.77. The number of rotatable bonds is 9. The molecule has 9 heteroatoms. The van der Waals surface area contributed by atoms with E-state index in [1.54, 1.807) is 55.6 Å². The van der Waals surface area contributed by atoms with Gasteiger partial charge in [0.15, 0.2) is 0 Å². The van der Waals surface area contributed by atoms with E-state index in [-0.39, 0.29) is 0 Å². The molecule has 0 unspecified atom stereocenters. The second-order valence-electron chi connectivity index (χ2n) is 6.75. The number of methoxy groups -OCH3 is 1. The van der Waals surface area contributed by atoms with Crippen LogP contribution in [0.15, 0.2) is 84.0 Å². The number of ether oxygens (including phenoxy) is 2. The average molecular weight is 454 g/mol. The summed E-state index contributed by atoms with van der Waals surface area (Å²) in [5.74, 6) is 1.27. The summed E-state index contributed by atoms with van der Waals surface area (Å²) in [6.45, 7) is -0.423. The Bertz CT molecular complexity index is 1180. The van der Waals surface area contributed by atoms with E-state index in [9.17, 15) is 13.2 Å². The van der Waals surface area contributed by atoms with Crippen LogP contribution in [0.25, 0.3) is 0 Å². The number of anilines is 1. The molecule has 1 N–H and O–H groups in total. The van der Waals surface area contributed by atoms with Crippen molar-refractivity contribution in [2.75, 3.05) is 24.2 Å². The first-order valence-corrected chi connectivity index (χ1v) is 11.5. The van der Waals surface area contributed by atoms with Crippen LogP contribution in [0.2, 0.25) is 0 Å². The zero-order chi connectivity index (χ0) is 23.0. The number of amides is 1. The predicted molar refractivity (Wildman–Crippen MR) is 124 cm³/mol. The van der Waals surface area contributed by atoms with E-state index in [2.05, 4.69) is 10.5 Å². The number of hydrogen-bond donors (Lipinski definition) is 1. The number of nitrogens with one attached hydrogen (secondary N) is 1. The fraction of sp³-hybridized carbons (Fsp3) is 0.130. The molecule has 0 heterocycles. The molecule has 0 bridgehead atoms. The highest BCUT2D eigenvalue weighted by Gasteiger charge is 2.20. The van der Waals surface area contributed by atoms with Crippen LogP contribution in [-0.2, 0) is 14.8 Å². The van der Waals surface area contributed by atoms with Gasteiger partial charge in [-0.15, -0.1) is 0 Å². The lowest BCUT2D eigenvalue weighted by atomic mass is 10.2. The fourth-order valence-corrected chi connectivity index (χ4v) is 3.63. The Balaban J connectivity index is 1.66. The van der Waals surface area contributed by atoms with Gasteiger partial charge in [0.25, 0.3) is 5.91 Å². The molecule has 0 spiro atoms. The number of para-hydroxylation sites is 1. The van der Waals surface area contributed by atoms with Crippen molar-refractivity contribution in [1.29, 1.82) is 0 Å². The highest BCUT2D eigenvalue weighted by Crippen LogP contribution is 2.25. The minimum atomic E-state index is -3.71. The maximum atomic E-state index is 12.3. The highest BCUT2D eigenvalue weighted by atomic mass is 32.2. The van der Waals surface area contributed by atoms with Gasteiger partial charge in [0, 0.05) is 0 Å². The van der Waals surface area contributed by atoms with Crippen LogP contribution in [-0.4, -0.2) is 40.4 Å². The summed E-state index contributed by atoms with van der Waals surface area (Å²) in [7, 11) is -2.15. The maximum Gasteiger partial charge on any atom is 0.260 e. The molecule has 0 fully saturated rings. The molecule has 3 aromatic carbocycles. The van der Waals surface area contributed by atoms with Gasteiger partial charge in [0.2, 0.25) is 10.0 Å². The predicted octanol–water partition coefficient (Wildman–Crippen LogP) is 3.40. The molecule has 0 aliphatic heterocycles. The van der Waals surface area contributed by atoms with Crippen molar-refractivity contribution < 1.29 is 22.7 Å². The SMILES string of the molecule is COc1cccc(/C=N\NC(=O)CN(c2ccc(Oc3ccccc3)cc2)S(C)(=O)=O)c1. The Morgan fingerprint density at radius 2 is 1.62 bits per heavy atom. The van der Waals surface area contributed by atoms with Crippen LogP contribution in [0.4, 0.5) is 5.69 Å². The zero-order valence-electron chi connectivity index (χ0n) is 17.6. The molecule has 166 valence electrons. The largest absolute Gasteiger partial charge is 0.497 e. The molecular formula is C23H23N3O5S. The first-order chi connectivity index (χ1) is 15.3. The third kappa shape index (κ3) is 6.58. The molecule has 3 rings (SSSR count). The van der Waals surface area contributed by atoms with Gasteiger partial charge < -0.3 is 9.47 Å². The van der Waals surface area contributed by atoms with Crippen molar-refractivity contribution >= 4 is 27.8 Å². The van der Waals surface area contributed by atoms with Crippen molar-refractivity contribution in [3.05, 3.63) is 84.4 Å². The molecule has 0 aromatic heterocycles. The lowest BCUT2D eigenvalue weighted by molar-refractivity contribution is -0.119. The molecule has 32 heavy (non-hydrogen) atoms. The first-order valence-electron chi connectivity index (χ1n) is 9.62. The lowest BCUT2D eigenvalue weighted by Crippen LogP contribution is -2.38. The van der Waals surface area contributed by atoms with E-state index >= 15 is 0 Å². The van der Waals surface area contributed by atoms with Crippen LogP contribution in [0.5, 0.6) is 17.2 Å². The third-order valence-electron chi connectivity index (χ3n) is 4.29. The van der Waals surface area contributed by atoms with Gasteiger partial charge in [-0.1, -0.05) is 30.3 Å². The molecule has 3 aromatic rings. The Kier molecular flexibility index (Phi) is 7.45. The van der Waals surface area contributed by atoms with Crippen LogP contribution < -0.4 is 19.2 Å². The molecule has 0 saturated carbocycles. The van der Waals surface area contributed by atoms with Crippen molar-refractivity contribution in [3.8, 4) is 17.2 Å². The summed E-state index contributed by atoms with van der Waals surface area (Å²) in [5, 5.41) is 3.89. The second-order valence-corrected chi connectivity index (χ2v) is 8.66. The van der Waals surface area contributed by atoms with Crippen molar-refractivity contribution in [1.82, 2.24) is 5.43 Å². The van der Waals surface area contributed by atoms with E-state index in [1.807, 2.05) is 30.3 Å². The molecule has 0 atom stereocenters. The van der Waals surface area contributed by atoms with Gasteiger partial charge in [-0.2, -0.15) is 5.10 Å². The monoisotopic (exact) mass is 453 g/mol. The molecule has 8 nitrogen and oxygen atoms in total. The molecule has 0 radical (unpaired) electrons. The third-order valence-corrected chi connectivity index (χ3v) is 5.43. The minimum Gasteiger partial charge on any atom is -0.497 e. The van der Waals surface area contributed by atoms with Crippen LogP contribution in [0.3, 0.4) is 0 Å². The highest BCUT2D eigenvalue weighted by molar-refractivity contribution is 7.92. The van der Waals surface area contributed by atoms with Crippen LogP contribution in [0, 0.1) is 0 Å². The number of nitrogens with zero attached hydrogens (tertiary/aromatic N) is 2. The second kappa shape index (κ2) is 10.5. The Hall–Kier alpha value is -3.85. The van der Waals surface area contributed by atoms with Gasteiger partial charge in [-0.05, 0) is 54.1 Å².